The van der Waals surface area contributed by atoms with Crippen LogP contribution in [0.5, 0.6) is 5.75 Å². The number of benzene rings is 1. The van der Waals surface area contributed by atoms with Gasteiger partial charge in [-0.1, -0.05) is 37.3 Å². The monoisotopic (exact) mass is 385 g/mol. The lowest BCUT2D eigenvalue weighted by atomic mass is 9.96. The van der Waals surface area contributed by atoms with Crippen LogP contribution < -0.4 is 15.4 Å². The number of nitrogens with one attached hydrogen (secondary N) is 2. The second-order valence-electron chi connectivity index (χ2n) is 7.85. The first kappa shape index (κ1) is 20.3. The van der Waals surface area contributed by atoms with Crippen LogP contribution >= 0.6 is 0 Å². The summed E-state index contributed by atoms with van der Waals surface area (Å²) < 4.78 is 7.43. The van der Waals surface area contributed by atoms with Gasteiger partial charge in [0.15, 0.2) is 5.69 Å². The largest absolute Gasteiger partial charge is 0.496 e. The predicted molar refractivity (Wildman–Crippen MR) is 109 cm³/mol. The Morgan fingerprint density at radius 3 is 2.71 bits per heavy atom. The van der Waals surface area contributed by atoms with Gasteiger partial charge in [-0.2, -0.15) is 0 Å². The maximum atomic E-state index is 13.0. The fraction of sp³-hybridized carbons (Fsp3) is 0.571. The molecule has 0 saturated carbocycles. The van der Waals surface area contributed by atoms with Crippen molar-refractivity contribution in [1.82, 2.24) is 25.6 Å². The number of para-hydroxylation sites is 1. The fourth-order valence-corrected chi connectivity index (χ4v) is 3.86. The van der Waals surface area contributed by atoms with Gasteiger partial charge >= 0.3 is 0 Å². The summed E-state index contributed by atoms with van der Waals surface area (Å²) in [6, 6.07) is 7.99. The third-order valence-electron chi connectivity index (χ3n) is 5.32. The van der Waals surface area contributed by atoms with E-state index in [1.807, 2.05) is 35.9 Å². The normalized spacial score (nSPS) is 16.2. The average molecular weight is 386 g/mol. The molecule has 0 aliphatic carbocycles. The average Bonchev–Trinajstić information content (AvgIpc) is 3.09. The van der Waals surface area contributed by atoms with E-state index in [2.05, 4.69) is 34.8 Å². The molecule has 1 fully saturated rings. The van der Waals surface area contributed by atoms with E-state index in [1.165, 1.54) is 0 Å². The van der Waals surface area contributed by atoms with E-state index in [0.717, 1.165) is 49.4 Å². The number of methoxy groups -OCH3 is 1. The van der Waals surface area contributed by atoms with E-state index < -0.39 is 0 Å². The van der Waals surface area contributed by atoms with Gasteiger partial charge in [-0.05, 0) is 51.3 Å². The molecule has 7 heteroatoms. The fourth-order valence-electron chi connectivity index (χ4n) is 3.86. The molecule has 2 aromatic rings. The molecule has 28 heavy (non-hydrogen) atoms. The molecular formula is C21H31N5O2. The van der Waals surface area contributed by atoms with Crippen molar-refractivity contribution in [2.45, 2.75) is 52.1 Å². The number of carbonyl (C=O) groups excluding carboxylic acids is 1. The van der Waals surface area contributed by atoms with Crippen LogP contribution in [0.1, 0.15) is 66.9 Å². The van der Waals surface area contributed by atoms with E-state index >= 15 is 0 Å². The molecular weight excluding hydrogens is 354 g/mol. The van der Waals surface area contributed by atoms with E-state index in [1.54, 1.807) is 7.11 Å². The molecule has 1 atom stereocenters. The highest BCUT2D eigenvalue weighted by atomic mass is 16.5. The summed E-state index contributed by atoms with van der Waals surface area (Å²) >= 11 is 0. The van der Waals surface area contributed by atoms with Crippen LogP contribution in [-0.2, 0) is 0 Å². The summed E-state index contributed by atoms with van der Waals surface area (Å²) in [6.45, 7) is 8.16. The topological polar surface area (TPSA) is 81.1 Å². The van der Waals surface area contributed by atoms with Gasteiger partial charge in [-0.15, -0.1) is 5.10 Å². The minimum Gasteiger partial charge on any atom is -0.496 e. The predicted octanol–water partition coefficient (Wildman–Crippen LogP) is 3.04. The molecule has 1 saturated heterocycles. The molecule has 7 nitrogen and oxygen atoms in total. The van der Waals surface area contributed by atoms with Gasteiger partial charge < -0.3 is 15.4 Å². The van der Waals surface area contributed by atoms with Crippen LogP contribution in [0, 0.1) is 12.8 Å². The van der Waals surface area contributed by atoms with Gasteiger partial charge in [-0.25, -0.2) is 4.68 Å². The van der Waals surface area contributed by atoms with Gasteiger partial charge in [0.1, 0.15) is 5.75 Å². The first-order chi connectivity index (χ1) is 13.5. The van der Waals surface area contributed by atoms with Crippen molar-refractivity contribution in [3.8, 4) is 5.75 Å². The molecule has 1 aliphatic rings. The summed E-state index contributed by atoms with van der Waals surface area (Å²) in [5.74, 6) is 1.01. The van der Waals surface area contributed by atoms with E-state index in [9.17, 15) is 4.79 Å². The zero-order valence-corrected chi connectivity index (χ0v) is 17.2. The minimum atomic E-state index is -0.186. The van der Waals surface area contributed by atoms with E-state index in [4.69, 9.17) is 4.74 Å². The van der Waals surface area contributed by atoms with Gasteiger partial charge in [-0.3, -0.25) is 4.79 Å². The number of hydrogen-bond donors (Lipinski definition) is 2. The lowest BCUT2D eigenvalue weighted by molar-refractivity contribution is 0.0925. The van der Waals surface area contributed by atoms with Crippen molar-refractivity contribution in [1.29, 1.82) is 0 Å². The molecule has 1 amide bonds. The Labute approximate surface area is 166 Å². The van der Waals surface area contributed by atoms with E-state index in [-0.39, 0.29) is 11.9 Å². The molecule has 1 aliphatic heterocycles. The third-order valence-corrected chi connectivity index (χ3v) is 5.32. The Morgan fingerprint density at radius 1 is 1.32 bits per heavy atom. The highest BCUT2D eigenvalue weighted by Crippen LogP contribution is 2.30. The molecule has 0 bridgehead atoms. The SMILES string of the molecule is COc1ccccc1C(CC(C)C)NC(=O)c1nnn(C2CCNCC2)c1C. The van der Waals surface area contributed by atoms with Crippen LogP contribution in [0.2, 0.25) is 0 Å². The lowest BCUT2D eigenvalue weighted by Gasteiger charge is -2.24. The van der Waals surface area contributed by atoms with Crippen molar-refractivity contribution >= 4 is 5.91 Å². The lowest BCUT2D eigenvalue weighted by Crippen LogP contribution is -2.31. The van der Waals surface area contributed by atoms with Crippen LogP contribution in [0.25, 0.3) is 0 Å². The molecule has 152 valence electrons. The number of hydrogen-bond acceptors (Lipinski definition) is 5. The first-order valence-electron chi connectivity index (χ1n) is 10.1. The van der Waals surface area contributed by atoms with Crippen LogP contribution in [0.15, 0.2) is 24.3 Å². The van der Waals surface area contributed by atoms with Crippen LogP contribution in [0.3, 0.4) is 0 Å². The van der Waals surface area contributed by atoms with Crippen molar-refractivity contribution < 1.29 is 9.53 Å². The van der Waals surface area contributed by atoms with Crippen molar-refractivity contribution in [2.24, 2.45) is 5.92 Å². The zero-order valence-electron chi connectivity index (χ0n) is 17.2. The zero-order chi connectivity index (χ0) is 20.1. The quantitative estimate of drug-likeness (QED) is 0.766. The highest BCUT2D eigenvalue weighted by Gasteiger charge is 2.26. The Balaban J connectivity index is 1.81. The smallest absolute Gasteiger partial charge is 0.274 e. The maximum absolute atomic E-state index is 13.0. The number of nitrogens with zero attached hydrogens (tertiary/aromatic N) is 3. The highest BCUT2D eigenvalue weighted by molar-refractivity contribution is 5.93. The second kappa shape index (κ2) is 9.19. The molecule has 1 aromatic heterocycles. The number of aromatic nitrogens is 3. The second-order valence-corrected chi connectivity index (χ2v) is 7.85. The summed E-state index contributed by atoms with van der Waals surface area (Å²) in [4.78, 5) is 13.0. The summed E-state index contributed by atoms with van der Waals surface area (Å²) in [7, 11) is 1.65. The molecule has 0 spiro atoms. The minimum absolute atomic E-state index is 0.146. The Morgan fingerprint density at radius 2 is 2.04 bits per heavy atom. The number of rotatable bonds is 7. The maximum Gasteiger partial charge on any atom is 0.274 e. The van der Waals surface area contributed by atoms with E-state index in [0.29, 0.717) is 17.7 Å². The number of piperidine rings is 1. The standard InChI is InChI=1S/C21H31N5O2/c1-14(2)13-18(17-7-5-6-8-19(17)28-4)23-21(27)20-15(3)26(25-24-20)16-9-11-22-12-10-16/h5-8,14,16,18,22H,9-13H2,1-4H3,(H,23,27). The molecule has 1 unspecified atom stereocenters. The van der Waals surface area contributed by atoms with Crippen LogP contribution in [0.4, 0.5) is 0 Å². The third kappa shape index (κ3) is 4.52. The number of amides is 1. The Hall–Kier alpha value is -2.41. The molecule has 2 heterocycles. The molecule has 3 rings (SSSR count). The molecule has 1 aromatic carbocycles. The van der Waals surface area contributed by atoms with Gasteiger partial charge in [0, 0.05) is 5.56 Å². The van der Waals surface area contributed by atoms with Crippen molar-refractivity contribution in [3.05, 3.63) is 41.2 Å². The molecule has 0 radical (unpaired) electrons. The summed E-state index contributed by atoms with van der Waals surface area (Å²) in [5, 5.41) is 15.0. The Bertz CT molecular complexity index is 796. The summed E-state index contributed by atoms with van der Waals surface area (Å²) in [6.07, 6.45) is 2.82. The van der Waals surface area contributed by atoms with Crippen molar-refractivity contribution in [2.75, 3.05) is 20.2 Å². The van der Waals surface area contributed by atoms with Gasteiger partial charge in [0.2, 0.25) is 0 Å². The Kier molecular flexibility index (Phi) is 6.67. The summed E-state index contributed by atoms with van der Waals surface area (Å²) in [5.41, 5.74) is 2.21. The van der Waals surface area contributed by atoms with Crippen molar-refractivity contribution in [3.63, 3.8) is 0 Å². The van der Waals surface area contributed by atoms with Gasteiger partial charge in [0.05, 0.1) is 24.9 Å². The number of ether oxygens (including phenoxy) is 1. The first-order valence-corrected chi connectivity index (χ1v) is 10.1. The van der Waals surface area contributed by atoms with Gasteiger partial charge in [0.25, 0.3) is 5.91 Å². The number of carbonyl (C=O) groups is 1. The molecule has 2 N–H and O–H groups in total. The van der Waals surface area contributed by atoms with Crippen LogP contribution in [-0.4, -0.2) is 41.1 Å².